The zero-order chi connectivity index (χ0) is 21.0. The zero-order valence-electron chi connectivity index (χ0n) is 16.1. The number of aryl methyl sites for hydroxylation is 1. The van der Waals surface area contributed by atoms with E-state index in [4.69, 9.17) is 26.8 Å². The fraction of sp³-hybridized carbons (Fsp3) is 0.250. The molecule has 0 saturated heterocycles. The Balaban J connectivity index is 1.69. The minimum absolute atomic E-state index is 0.146. The first-order valence-corrected chi connectivity index (χ1v) is 9.27. The number of nitrogens with one attached hydrogen (secondary N) is 1. The van der Waals surface area contributed by atoms with Crippen molar-refractivity contribution in [3.63, 3.8) is 0 Å². The van der Waals surface area contributed by atoms with Crippen molar-refractivity contribution in [1.82, 2.24) is 14.9 Å². The molecule has 1 heterocycles. The summed E-state index contributed by atoms with van der Waals surface area (Å²) in [6.07, 6.45) is 0. The van der Waals surface area contributed by atoms with Crippen LogP contribution in [0.5, 0.6) is 11.5 Å². The van der Waals surface area contributed by atoms with Gasteiger partial charge in [-0.15, -0.1) is 0 Å². The van der Waals surface area contributed by atoms with Gasteiger partial charge in [0.25, 0.3) is 11.8 Å². The average molecular weight is 417 g/mol. The van der Waals surface area contributed by atoms with E-state index in [2.05, 4.69) is 10.3 Å². The lowest BCUT2D eigenvalue weighted by Gasteiger charge is -2.14. The molecule has 3 aromatic rings. The smallest absolute Gasteiger partial charge is 0.255 e. The number of aromatic nitrogens is 2. The van der Waals surface area contributed by atoms with E-state index >= 15 is 0 Å². The van der Waals surface area contributed by atoms with Gasteiger partial charge in [-0.25, -0.2) is 4.98 Å². The molecular weight excluding hydrogens is 396 g/mol. The Hall–Kier alpha value is -3.26. The van der Waals surface area contributed by atoms with E-state index in [0.29, 0.717) is 18.7 Å². The van der Waals surface area contributed by atoms with Gasteiger partial charge in [-0.1, -0.05) is 23.7 Å². The monoisotopic (exact) mass is 416 g/mol. The maximum atomic E-state index is 12.6. The molecule has 2 aromatic carbocycles. The minimum Gasteiger partial charge on any atom is -0.493 e. The number of hydrogen-bond acceptors (Lipinski definition) is 5. The van der Waals surface area contributed by atoms with Gasteiger partial charge in [-0.05, 0) is 31.2 Å². The van der Waals surface area contributed by atoms with Crippen LogP contribution in [0.15, 0.2) is 36.4 Å². The summed E-state index contributed by atoms with van der Waals surface area (Å²) in [4.78, 5) is 28.0. The number of nitrogens with two attached hydrogens (primary N) is 1. The molecule has 1 aromatic heterocycles. The number of halogens is 1. The lowest BCUT2D eigenvalue weighted by molar-refractivity contribution is -0.119. The molecular formula is C20H21ClN4O4. The van der Waals surface area contributed by atoms with Crippen LogP contribution in [-0.2, 0) is 11.3 Å². The van der Waals surface area contributed by atoms with Crippen LogP contribution in [0, 0.1) is 6.92 Å². The number of primary amides is 1. The summed E-state index contributed by atoms with van der Waals surface area (Å²) in [7, 11) is 1.41. The number of nitrogens with zero attached hydrogens (tertiary/aromatic N) is 2. The van der Waals surface area contributed by atoms with Crippen LogP contribution in [0.3, 0.4) is 0 Å². The Morgan fingerprint density at radius 2 is 2.03 bits per heavy atom. The van der Waals surface area contributed by atoms with Crippen molar-refractivity contribution in [3.05, 3.63) is 52.8 Å². The number of fused-ring (bicyclic) bond motifs is 1. The summed E-state index contributed by atoms with van der Waals surface area (Å²) in [6.45, 7) is 2.56. The van der Waals surface area contributed by atoms with E-state index in [1.807, 2.05) is 35.8 Å². The van der Waals surface area contributed by atoms with E-state index in [-0.39, 0.29) is 29.0 Å². The van der Waals surface area contributed by atoms with Gasteiger partial charge in [0, 0.05) is 18.7 Å². The standard InChI is InChI=1S/C20H21ClN4O4/c1-12-24-15-5-3-4-6-16(15)25(12)8-7-23-20(27)13-9-14(21)19(17(10-13)28-2)29-11-18(22)26/h3-6,9-10H,7-8,11H2,1-2H3,(H2,22,26)(H,23,27). The van der Waals surface area contributed by atoms with Crippen LogP contribution >= 0.6 is 11.6 Å². The normalized spacial score (nSPS) is 10.7. The Morgan fingerprint density at radius 3 is 2.76 bits per heavy atom. The Kier molecular flexibility index (Phi) is 6.23. The molecule has 9 heteroatoms. The summed E-state index contributed by atoms with van der Waals surface area (Å²) >= 11 is 6.19. The number of hydrogen-bond donors (Lipinski definition) is 2. The highest BCUT2D eigenvalue weighted by Gasteiger charge is 2.17. The topological polar surface area (TPSA) is 108 Å². The van der Waals surface area contributed by atoms with E-state index < -0.39 is 5.91 Å². The van der Waals surface area contributed by atoms with Crippen molar-refractivity contribution in [1.29, 1.82) is 0 Å². The van der Waals surface area contributed by atoms with Gasteiger partial charge < -0.3 is 25.1 Å². The summed E-state index contributed by atoms with van der Waals surface area (Å²) < 4.78 is 12.5. The number of para-hydroxylation sites is 2. The highest BCUT2D eigenvalue weighted by molar-refractivity contribution is 6.32. The molecule has 0 aliphatic heterocycles. The molecule has 0 saturated carbocycles. The molecule has 0 spiro atoms. The van der Waals surface area contributed by atoms with Crippen LogP contribution in [-0.4, -0.2) is 41.6 Å². The maximum absolute atomic E-state index is 12.6. The number of amides is 2. The van der Waals surface area contributed by atoms with Crippen LogP contribution in [0.2, 0.25) is 5.02 Å². The summed E-state index contributed by atoms with van der Waals surface area (Å²) in [6, 6.07) is 10.8. The lowest BCUT2D eigenvalue weighted by Crippen LogP contribution is -2.27. The number of imidazole rings is 1. The minimum atomic E-state index is -0.646. The molecule has 0 bridgehead atoms. The molecule has 0 aliphatic carbocycles. The second-order valence-electron chi connectivity index (χ2n) is 6.30. The average Bonchev–Trinajstić information content (AvgIpc) is 3.01. The number of rotatable bonds is 8. The summed E-state index contributed by atoms with van der Waals surface area (Å²) in [5.41, 5.74) is 7.32. The molecule has 8 nitrogen and oxygen atoms in total. The number of benzene rings is 2. The first-order chi connectivity index (χ1) is 13.9. The largest absolute Gasteiger partial charge is 0.493 e. The molecule has 0 fully saturated rings. The number of carbonyl (C=O) groups is 2. The molecule has 0 radical (unpaired) electrons. The summed E-state index contributed by atoms with van der Waals surface area (Å²) in [5.74, 6) is 0.312. The van der Waals surface area contributed by atoms with Gasteiger partial charge in [0.05, 0.1) is 23.2 Å². The Bertz CT molecular complexity index is 1060. The van der Waals surface area contributed by atoms with Gasteiger partial charge in [-0.2, -0.15) is 0 Å². The van der Waals surface area contributed by atoms with Crippen LogP contribution in [0.25, 0.3) is 11.0 Å². The third kappa shape index (κ3) is 4.60. The van der Waals surface area contributed by atoms with Crippen molar-refractivity contribution >= 4 is 34.4 Å². The second-order valence-corrected chi connectivity index (χ2v) is 6.71. The first-order valence-electron chi connectivity index (χ1n) is 8.89. The first kappa shape index (κ1) is 20.5. The van der Waals surface area contributed by atoms with E-state index in [0.717, 1.165) is 16.9 Å². The molecule has 0 atom stereocenters. The molecule has 3 N–H and O–H groups in total. The third-order valence-corrected chi connectivity index (χ3v) is 4.60. The van der Waals surface area contributed by atoms with Crippen molar-refractivity contribution in [2.75, 3.05) is 20.3 Å². The van der Waals surface area contributed by atoms with Crippen LogP contribution < -0.4 is 20.5 Å². The van der Waals surface area contributed by atoms with E-state index in [1.54, 1.807) is 0 Å². The van der Waals surface area contributed by atoms with Crippen molar-refractivity contribution in [3.8, 4) is 11.5 Å². The number of methoxy groups -OCH3 is 1. The molecule has 0 aliphatic rings. The predicted octanol–water partition coefficient (Wildman–Crippen LogP) is 2.30. The van der Waals surface area contributed by atoms with Crippen molar-refractivity contribution in [2.45, 2.75) is 13.5 Å². The molecule has 3 rings (SSSR count). The second kappa shape index (κ2) is 8.83. The highest BCUT2D eigenvalue weighted by Crippen LogP contribution is 2.36. The van der Waals surface area contributed by atoms with Crippen LogP contribution in [0.4, 0.5) is 0 Å². The molecule has 29 heavy (non-hydrogen) atoms. The van der Waals surface area contributed by atoms with E-state index in [9.17, 15) is 9.59 Å². The molecule has 152 valence electrons. The Morgan fingerprint density at radius 1 is 1.28 bits per heavy atom. The van der Waals surface area contributed by atoms with Crippen molar-refractivity contribution in [2.24, 2.45) is 5.73 Å². The Labute approximate surface area is 172 Å². The quantitative estimate of drug-likeness (QED) is 0.585. The lowest BCUT2D eigenvalue weighted by atomic mass is 10.2. The zero-order valence-corrected chi connectivity index (χ0v) is 16.8. The maximum Gasteiger partial charge on any atom is 0.255 e. The van der Waals surface area contributed by atoms with Gasteiger partial charge in [0.1, 0.15) is 5.82 Å². The molecule has 0 unspecified atom stereocenters. The molecule has 2 amide bonds. The van der Waals surface area contributed by atoms with Gasteiger partial charge in [0.2, 0.25) is 0 Å². The van der Waals surface area contributed by atoms with Gasteiger partial charge in [-0.3, -0.25) is 9.59 Å². The van der Waals surface area contributed by atoms with Crippen LogP contribution in [0.1, 0.15) is 16.2 Å². The summed E-state index contributed by atoms with van der Waals surface area (Å²) in [5, 5.41) is 3.01. The fourth-order valence-corrected chi connectivity index (χ4v) is 3.26. The fourth-order valence-electron chi connectivity index (χ4n) is 3.00. The predicted molar refractivity (Wildman–Crippen MR) is 109 cm³/mol. The SMILES string of the molecule is COc1cc(C(=O)NCCn2c(C)nc3ccccc32)cc(Cl)c1OCC(N)=O. The van der Waals surface area contributed by atoms with Gasteiger partial charge >= 0.3 is 0 Å². The third-order valence-electron chi connectivity index (χ3n) is 4.32. The highest BCUT2D eigenvalue weighted by atomic mass is 35.5. The van der Waals surface area contributed by atoms with E-state index in [1.165, 1.54) is 19.2 Å². The van der Waals surface area contributed by atoms with Gasteiger partial charge in [0.15, 0.2) is 18.1 Å². The number of ether oxygens (including phenoxy) is 2. The number of carbonyl (C=O) groups excluding carboxylic acids is 2. The van der Waals surface area contributed by atoms with Crippen molar-refractivity contribution < 1.29 is 19.1 Å².